The molecule has 0 radical (unpaired) electrons. The maximum absolute atomic E-state index is 13.4. The van der Waals surface area contributed by atoms with Gasteiger partial charge in [-0.05, 0) is 61.7 Å². The van der Waals surface area contributed by atoms with Crippen molar-refractivity contribution >= 4 is 40.3 Å². The van der Waals surface area contributed by atoms with Crippen LogP contribution >= 0.6 is 24.0 Å². The molecule has 2 heterocycles. The fraction of sp³-hybridized carbons (Fsp3) is 0.276. The van der Waals surface area contributed by atoms with Gasteiger partial charge in [-0.15, -0.1) is 0 Å². The van der Waals surface area contributed by atoms with Gasteiger partial charge in [-0.3, -0.25) is 9.69 Å². The van der Waals surface area contributed by atoms with Gasteiger partial charge >= 0.3 is 0 Å². The molecule has 0 unspecified atom stereocenters. The molecule has 0 spiro atoms. The van der Waals surface area contributed by atoms with Crippen molar-refractivity contribution in [1.29, 1.82) is 0 Å². The number of ether oxygens (including phenoxy) is 1. The summed E-state index contributed by atoms with van der Waals surface area (Å²) < 4.78 is 8.28. The third-order valence-corrected chi connectivity index (χ3v) is 7.95. The van der Waals surface area contributed by atoms with Gasteiger partial charge in [0.25, 0.3) is 5.91 Å². The van der Waals surface area contributed by atoms with Gasteiger partial charge in [0, 0.05) is 23.4 Å². The van der Waals surface area contributed by atoms with E-state index in [2.05, 4.69) is 12.6 Å². The summed E-state index contributed by atoms with van der Waals surface area (Å²) in [6, 6.07) is 16.2. The molecule has 5 rings (SSSR count). The number of aryl methyl sites for hydroxylation is 1. The molecule has 1 aromatic heterocycles. The summed E-state index contributed by atoms with van der Waals surface area (Å²) in [5.74, 6) is 0.829. The van der Waals surface area contributed by atoms with Gasteiger partial charge in [-0.2, -0.15) is 5.10 Å². The molecule has 184 valence electrons. The predicted octanol–water partition coefficient (Wildman–Crippen LogP) is 6.95. The monoisotopic (exact) mass is 515 g/mol. The van der Waals surface area contributed by atoms with E-state index in [0.29, 0.717) is 15.8 Å². The first kappa shape index (κ1) is 24.5. The summed E-state index contributed by atoms with van der Waals surface area (Å²) in [5, 5.41) is 4.93. The number of rotatable bonds is 7. The summed E-state index contributed by atoms with van der Waals surface area (Å²) in [4.78, 5) is 15.9. The molecule has 1 aliphatic heterocycles. The van der Waals surface area contributed by atoms with Crippen LogP contribution in [0.4, 0.5) is 0 Å². The third-order valence-electron chi connectivity index (χ3n) is 6.62. The maximum atomic E-state index is 13.4. The number of hydrogen-bond acceptors (Lipinski definition) is 5. The van der Waals surface area contributed by atoms with Gasteiger partial charge in [0.15, 0.2) is 0 Å². The first-order valence-electron chi connectivity index (χ1n) is 12.3. The molecular formula is C29H29N3O2S2. The second-order valence-electron chi connectivity index (χ2n) is 9.14. The van der Waals surface area contributed by atoms with Crippen molar-refractivity contribution in [1.82, 2.24) is 14.7 Å². The van der Waals surface area contributed by atoms with E-state index in [1.54, 1.807) is 6.08 Å². The Labute approximate surface area is 221 Å². The van der Waals surface area contributed by atoms with Crippen LogP contribution in [-0.2, 0) is 4.79 Å². The Kier molecular flexibility index (Phi) is 7.39. The molecule has 0 N–H and O–H groups in total. The van der Waals surface area contributed by atoms with Crippen molar-refractivity contribution in [2.24, 2.45) is 0 Å². The summed E-state index contributed by atoms with van der Waals surface area (Å²) in [7, 11) is 0. The fourth-order valence-corrected chi connectivity index (χ4v) is 6.20. The smallest absolute Gasteiger partial charge is 0.266 e. The van der Waals surface area contributed by atoms with Gasteiger partial charge in [-0.1, -0.05) is 74.1 Å². The Bertz CT molecular complexity index is 1320. The van der Waals surface area contributed by atoms with Crippen LogP contribution in [-0.4, -0.2) is 37.6 Å². The van der Waals surface area contributed by atoms with Crippen molar-refractivity contribution in [3.8, 4) is 22.7 Å². The Balaban J connectivity index is 1.53. The van der Waals surface area contributed by atoms with E-state index in [-0.39, 0.29) is 11.9 Å². The zero-order valence-corrected chi connectivity index (χ0v) is 22.0. The minimum Gasteiger partial charge on any atom is -0.489 e. The summed E-state index contributed by atoms with van der Waals surface area (Å²) in [6.07, 6.45) is 11.3. The van der Waals surface area contributed by atoms with Crippen molar-refractivity contribution in [3.63, 3.8) is 0 Å². The normalized spacial score (nSPS) is 17.7. The Morgan fingerprint density at radius 3 is 2.67 bits per heavy atom. The largest absolute Gasteiger partial charge is 0.489 e. The minimum atomic E-state index is 0.0136. The second-order valence-corrected chi connectivity index (χ2v) is 10.8. The third kappa shape index (κ3) is 5.04. The lowest BCUT2D eigenvalue weighted by atomic mass is 9.94. The van der Waals surface area contributed by atoms with Crippen LogP contribution < -0.4 is 4.74 Å². The number of amides is 1. The number of para-hydroxylation sites is 1. The summed E-state index contributed by atoms with van der Waals surface area (Å²) in [6.45, 7) is 6.20. The van der Waals surface area contributed by atoms with Crippen LogP contribution in [0.5, 0.6) is 5.75 Å². The van der Waals surface area contributed by atoms with Crippen LogP contribution in [0, 0.1) is 6.92 Å². The van der Waals surface area contributed by atoms with Crippen LogP contribution in [0.3, 0.4) is 0 Å². The highest BCUT2D eigenvalue weighted by Crippen LogP contribution is 2.39. The van der Waals surface area contributed by atoms with E-state index in [0.717, 1.165) is 59.5 Å². The Morgan fingerprint density at radius 2 is 1.94 bits per heavy atom. The van der Waals surface area contributed by atoms with Crippen LogP contribution in [0.1, 0.15) is 43.2 Å². The molecule has 0 atom stereocenters. The lowest BCUT2D eigenvalue weighted by Crippen LogP contribution is -2.39. The highest BCUT2D eigenvalue weighted by atomic mass is 32.2. The summed E-state index contributed by atoms with van der Waals surface area (Å²) in [5.41, 5.74) is 4.61. The van der Waals surface area contributed by atoms with E-state index in [9.17, 15) is 4.79 Å². The minimum absolute atomic E-state index is 0.0136. The van der Waals surface area contributed by atoms with Gasteiger partial charge in [0.2, 0.25) is 0 Å². The van der Waals surface area contributed by atoms with Crippen LogP contribution in [0.25, 0.3) is 23.0 Å². The van der Waals surface area contributed by atoms with E-state index < -0.39 is 0 Å². The van der Waals surface area contributed by atoms with Gasteiger partial charge < -0.3 is 4.74 Å². The number of nitrogens with zero attached hydrogens (tertiary/aromatic N) is 3. The zero-order valence-electron chi connectivity index (χ0n) is 20.4. The molecule has 2 aromatic carbocycles. The lowest BCUT2D eigenvalue weighted by molar-refractivity contribution is -0.124. The number of benzene rings is 2. The van der Waals surface area contributed by atoms with Crippen molar-refractivity contribution < 1.29 is 9.53 Å². The second kappa shape index (κ2) is 10.8. The number of thioether (sulfide) groups is 1. The molecule has 3 aromatic rings. The standard InChI is InChI=1S/C29H29N3O2S2/c1-3-16-34-25-15-14-21(17-20(25)2)27-22(19-31(30-27)23-10-6-4-7-11-23)18-26-28(33)32(29(35)36-26)24-12-8-5-9-13-24/h3-4,6-7,10-11,14-15,17-19,24H,1,5,8-9,12-13,16H2,2H3/b26-18+. The first-order valence-corrected chi connectivity index (χ1v) is 13.5. The average molecular weight is 516 g/mol. The van der Waals surface area contributed by atoms with Crippen molar-refractivity contribution in [2.45, 2.75) is 45.1 Å². The highest BCUT2D eigenvalue weighted by Gasteiger charge is 2.37. The number of carbonyl (C=O) groups excluding carboxylic acids is 1. The molecule has 1 aliphatic carbocycles. The van der Waals surface area contributed by atoms with Crippen LogP contribution in [0.15, 0.2) is 72.3 Å². The number of hydrogen-bond donors (Lipinski definition) is 0. The molecule has 7 heteroatoms. The highest BCUT2D eigenvalue weighted by molar-refractivity contribution is 8.26. The Morgan fingerprint density at radius 1 is 1.17 bits per heavy atom. The maximum Gasteiger partial charge on any atom is 0.266 e. The quantitative estimate of drug-likeness (QED) is 0.194. The predicted molar refractivity (Wildman–Crippen MR) is 151 cm³/mol. The lowest BCUT2D eigenvalue weighted by Gasteiger charge is -2.29. The Hall–Kier alpha value is -3.16. The van der Waals surface area contributed by atoms with Crippen molar-refractivity contribution in [2.75, 3.05) is 6.61 Å². The average Bonchev–Trinajstić information content (AvgIpc) is 3.44. The van der Waals surface area contributed by atoms with E-state index in [4.69, 9.17) is 22.1 Å². The molecule has 2 fully saturated rings. The number of thiocarbonyl (C=S) groups is 1. The molecule has 36 heavy (non-hydrogen) atoms. The van der Waals surface area contributed by atoms with Crippen molar-refractivity contribution in [3.05, 3.63) is 83.4 Å². The van der Waals surface area contributed by atoms with Crippen LogP contribution in [0.2, 0.25) is 0 Å². The number of aromatic nitrogens is 2. The van der Waals surface area contributed by atoms with Gasteiger partial charge in [0.1, 0.15) is 22.4 Å². The first-order chi connectivity index (χ1) is 17.5. The topological polar surface area (TPSA) is 47.4 Å². The number of carbonyl (C=O) groups is 1. The zero-order chi connectivity index (χ0) is 25.1. The summed E-state index contributed by atoms with van der Waals surface area (Å²) >= 11 is 7.05. The SMILES string of the molecule is C=CCOc1ccc(-c2nn(-c3ccccc3)cc2/C=C2/SC(=S)N(C3CCCCC3)C2=O)cc1C. The molecule has 1 saturated carbocycles. The van der Waals surface area contributed by atoms with Gasteiger partial charge in [0.05, 0.1) is 10.6 Å². The molecule has 2 aliphatic rings. The fourth-order valence-electron chi connectivity index (χ4n) is 4.81. The molecule has 5 nitrogen and oxygen atoms in total. The van der Waals surface area contributed by atoms with E-state index >= 15 is 0 Å². The molecule has 0 bridgehead atoms. The van der Waals surface area contributed by atoms with E-state index in [1.807, 2.05) is 71.2 Å². The molecule has 1 saturated heterocycles. The molecular weight excluding hydrogens is 486 g/mol. The van der Waals surface area contributed by atoms with Gasteiger partial charge in [-0.25, -0.2) is 4.68 Å². The molecule has 1 amide bonds. The van der Waals surface area contributed by atoms with E-state index in [1.165, 1.54) is 18.2 Å².